The Morgan fingerprint density at radius 1 is 1.28 bits per heavy atom. The van der Waals surface area contributed by atoms with Gasteiger partial charge in [-0.05, 0) is 37.1 Å². The van der Waals surface area contributed by atoms with Gasteiger partial charge in [-0.3, -0.25) is 4.79 Å². The molecule has 1 unspecified atom stereocenters. The van der Waals surface area contributed by atoms with Crippen LogP contribution in [0.15, 0.2) is 29.2 Å². The zero-order valence-corrected chi connectivity index (χ0v) is 10.5. The number of nitrogen functional groups attached to an aromatic ring is 1. The Balaban J connectivity index is 2.16. The van der Waals surface area contributed by atoms with Crippen LogP contribution in [0.25, 0.3) is 0 Å². The summed E-state index contributed by atoms with van der Waals surface area (Å²) in [5.74, 6) is -0.278. The molecule has 1 aliphatic rings. The monoisotopic (exact) mass is 269 g/mol. The van der Waals surface area contributed by atoms with Crippen LogP contribution in [0.1, 0.15) is 12.8 Å². The van der Waals surface area contributed by atoms with Crippen molar-refractivity contribution in [2.75, 3.05) is 12.3 Å². The van der Waals surface area contributed by atoms with E-state index >= 15 is 0 Å². The molecule has 6 nitrogen and oxygen atoms in total. The van der Waals surface area contributed by atoms with E-state index in [2.05, 4.69) is 10.0 Å². The van der Waals surface area contributed by atoms with Crippen LogP contribution in [0.5, 0.6) is 0 Å². The van der Waals surface area contributed by atoms with Gasteiger partial charge >= 0.3 is 0 Å². The molecule has 0 spiro atoms. The van der Waals surface area contributed by atoms with E-state index < -0.39 is 16.1 Å². The number of piperidine rings is 1. The first-order valence-electron chi connectivity index (χ1n) is 5.64. The molecule has 1 aromatic rings. The maximum absolute atomic E-state index is 12.0. The lowest BCUT2D eigenvalue weighted by molar-refractivity contribution is -0.124. The second-order valence-electron chi connectivity index (χ2n) is 4.18. The second kappa shape index (κ2) is 4.95. The van der Waals surface area contributed by atoms with Crippen LogP contribution in [0.3, 0.4) is 0 Å². The highest BCUT2D eigenvalue weighted by Gasteiger charge is 2.27. The average molecular weight is 269 g/mol. The molecule has 18 heavy (non-hydrogen) atoms. The van der Waals surface area contributed by atoms with Crippen molar-refractivity contribution in [2.45, 2.75) is 23.8 Å². The van der Waals surface area contributed by atoms with E-state index in [1.54, 1.807) is 0 Å². The minimum atomic E-state index is -3.68. The minimum Gasteiger partial charge on any atom is -0.399 e. The molecular weight excluding hydrogens is 254 g/mol. The van der Waals surface area contributed by atoms with E-state index in [0.717, 1.165) is 6.42 Å². The molecule has 0 radical (unpaired) electrons. The van der Waals surface area contributed by atoms with Crippen LogP contribution in [0, 0.1) is 0 Å². The van der Waals surface area contributed by atoms with E-state index in [9.17, 15) is 13.2 Å². The number of anilines is 1. The Hall–Kier alpha value is -1.60. The number of hydrogen-bond acceptors (Lipinski definition) is 4. The van der Waals surface area contributed by atoms with Crippen LogP contribution in [0.2, 0.25) is 0 Å². The number of sulfonamides is 1. The van der Waals surface area contributed by atoms with Gasteiger partial charge in [-0.2, -0.15) is 4.72 Å². The van der Waals surface area contributed by atoms with Crippen LogP contribution in [0.4, 0.5) is 5.69 Å². The molecule has 0 aliphatic carbocycles. The maximum Gasteiger partial charge on any atom is 0.241 e. The highest BCUT2D eigenvalue weighted by Crippen LogP contribution is 2.13. The molecule has 0 saturated carbocycles. The molecule has 1 amide bonds. The Morgan fingerprint density at radius 3 is 2.56 bits per heavy atom. The highest BCUT2D eigenvalue weighted by atomic mass is 32.2. The number of rotatable bonds is 3. The molecule has 1 fully saturated rings. The van der Waals surface area contributed by atoms with Gasteiger partial charge in [0.15, 0.2) is 0 Å². The third-order valence-electron chi connectivity index (χ3n) is 2.77. The molecule has 1 saturated heterocycles. The smallest absolute Gasteiger partial charge is 0.241 e. The Bertz CT molecular complexity index is 539. The molecule has 1 heterocycles. The fourth-order valence-electron chi connectivity index (χ4n) is 1.79. The molecular formula is C11H15N3O3S. The zero-order valence-electron chi connectivity index (χ0n) is 9.72. The standard InChI is InChI=1S/C11H15N3O3S/c12-8-3-5-9(6-4-8)18(16,17)14-10-2-1-7-13-11(10)15/h3-6,10,14H,1-2,7,12H2,(H,13,15). The van der Waals surface area contributed by atoms with Gasteiger partial charge in [-0.1, -0.05) is 0 Å². The van der Waals surface area contributed by atoms with Gasteiger partial charge < -0.3 is 11.1 Å². The first-order valence-corrected chi connectivity index (χ1v) is 7.13. The lowest BCUT2D eigenvalue weighted by Gasteiger charge is -2.22. The number of hydrogen-bond donors (Lipinski definition) is 3. The lowest BCUT2D eigenvalue weighted by Crippen LogP contribution is -2.50. The second-order valence-corrected chi connectivity index (χ2v) is 5.89. The quantitative estimate of drug-likeness (QED) is 0.663. The summed E-state index contributed by atoms with van der Waals surface area (Å²) in [5, 5.41) is 2.63. The van der Waals surface area contributed by atoms with Crippen molar-refractivity contribution in [1.82, 2.24) is 10.0 Å². The van der Waals surface area contributed by atoms with Gasteiger partial charge in [0, 0.05) is 12.2 Å². The molecule has 1 aromatic carbocycles. The van der Waals surface area contributed by atoms with Crippen molar-refractivity contribution in [3.8, 4) is 0 Å². The van der Waals surface area contributed by atoms with Gasteiger partial charge in [0.1, 0.15) is 6.04 Å². The number of amides is 1. The predicted molar refractivity (Wildman–Crippen MR) is 67.2 cm³/mol. The number of carbonyl (C=O) groups excluding carboxylic acids is 1. The number of benzene rings is 1. The topological polar surface area (TPSA) is 101 Å². The number of nitrogens with one attached hydrogen (secondary N) is 2. The first-order chi connectivity index (χ1) is 8.49. The van der Waals surface area contributed by atoms with Crippen molar-refractivity contribution in [1.29, 1.82) is 0 Å². The summed E-state index contributed by atoms with van der Waals surface area (Å²) in [6.45, 7) is 0.596. The Morgan fingerprint density at radius 2 is 1.94 bits per heavy atom. The van der Waals surface area contributed by atoms with Gasteiger partial charge in [-0.15, -0.1) is 0 Å². The fourth-order valence-corrected chi connectivity index (χ4v) is 3.02. The summed E-state index contributed by atoms with van der Waals surface area (Å²) in [6.07, 6.45) is 1.28. The summed E-state index contributed by atoms with van der Waals surface area (Å²) in [4.78, 5) is 11.6. The van der Waals surface area contributed by atoms with E-state index in [1.807, 2.05) is 0 Å². The molecule has 98 valence electrons. The van der Waals surface area contributed by atoms with Crippen molar-refractivity contribution in [3.63, 3.8) is 0 Å². The van der Waals surface area contributed by atoms with Crippen LogP contribution < -0.4 is 15.8 Å². The average Bonchev–Trinajstić information content (AvgIpc) is 2.32. The van der Waals surface area contributed by atoms with Gasteiger partial charge in [0.05, 0.1) is 4.90 Å². The molecule has 4 N–H and O–H groups in total. The molecule has 0 bridgehead atoms. The normalized spacial score (nSPS) is 20.4. The molecule has 0 aromatic heterocycles. The SMILES string of the molecule is Nc1ccc(S(=O)(=O)NC2CCCNC2=O)cc1. The predicted octanol–water partition coefficient (Wildman–Crippen LogP) is -0.174. The first kappa shape index (κ1) is 12.8. The summed E-state index contributed by atoms with van der Waals surface area (Å²) in [7, 11) is -3.68. The Labute approximate surface area is 106 Å². The molecule has 7 heteroatoms. The minimum absolute atomic E-state index is 0.107. The van der Waals surface area contributed by atoms with Gasteiger partial charge in [-0.25, -0.2) is 8.42 Å². The van der Waals surface area contributed by atoms with E-state index in [0.29, 0.717) is 18.7 Å². The van der Waals surface area contributed by atoms with Crippen molar-refractivity contribution in [3.05, 3.63) is 24.3 Å². The Kier molecular flexibility index (Phi) is 3.53. The summed E-state index contributed by atoms with van der Waals surface area (Å²) >= 11 is 0. The zero-order chi connectivity index (χ0) is 13.2. The van der Waals surface area contributed by atoms with E-state index in [-0.39, 0.29) is 10.8 Å². The largest absolute Gasteiger partial charge is 0.399 e. The van der Waals surface area contributed by atoms with Crippen molar-refractivity contribution in [2.24, 2.45) is 0 Å². The van der Waals surface area contributed by atoms with E-state index in [1.165, 1.54) is 24.3 Å². The van der Waals surface area contributed by atoms with Crippen LogP contribution >= 0.6 is 0 Å². The molecule has 2 rings (SSSR count). The number of nitrogens with two attached hydrogens (primary N) is 1. The van der Waals surface area contributed by atoms with E-state index in [4.69, 9.17) is 5.73 Å². The third kappa shape index (κ3) is 2.80. The molecule has 1 atom stereocenters. The summed E-state index contributed by atoms with van der Waals surface area (Å²) in [6, 6.07) is 5.16. The van der Waals surface area contributed by atoms with Crippen LogP contribution in [-0.2, 0) is 14.8 Å². The van der Waals surface area contributed by atoms with Gasteiger partial charge in [0.25, 0.3) is 0 Å². The molecule has 1 aliphatic heterocycles. The van der Waals surface area contributed by atoms with Crippen molar-refractivity contribution >= 4 is 21.6 Å². The third-order valence-corrected chi connectivity index (χ3v) is 4.26. The van der Waals surface area contributed by atoms with Gasteiger partial charge in [0.2, 0.25) is 15.9 Å². The maximum atomic E-state index is 12.0. The lowest BCUT2D eigenvalue weighted by atomic mass is 10.1. The fraction of sp³-hybridized carbons (Fsp3) is 0.364. The number of carbonyl (C=O) groups is 1. The van der Waals surface area contributed by atoms with Crippen molar-refractivity contribution < 1.29 is 13.2 Å². The summed E-state index contributed by atoms with van der Waals surface area (Å²) in [5.41, 5.74) is 5.99. The highest BCUT2D eigenvalue weighted by molar-refractivity contribution is 7.89. The summed E-state index contributed by atoms with van der Waals surface area (Å²) < 4.78 is 26.5. The van der Waals surface area contributed by atoms with Crippen LogP contribution in [-0.4, -0.2) is 26.9 Å².